The van der Waals surface area contributed by atoms with E-state index in [1.165, 1.54) is 12.1 Å². The summed E-state index contributed by atoms with van der Waals surface area (Å²) >= 11 is -1.12. The highest BCUT2D eigenvalue weighted by atomic mass is 32.2. The van der Waals surface area contributed by atoms with E-state index in [4.69, 9.17) is 5.73 Å². The van der Waals surface area contributed by atoms with E-state index in [2.05, 4.69) is 10.1 Å². The fraction of sp³-hybridized carbons (Fsp3) is 0.278. The van der Waals surface area contributed by atoms with Gasteiger partial charge in [-0.25, -0.2) is 9.07 Å². The Labute approximate surface area is 153 Å². The molecule has 1 amide bonds. The molecule has 0 saturated heterocycles. The van der Waals surface area contributed by atoms with Gasteiger partial charge in [0, 0.05) is 11.6 Å². The third-order valence-corrected chi connectivity index (χ3v) is 5.27. The Morgan fingerprint density at radius 2 is 2.12 bits per heavy atom. The average molecular weight is 374 g/mol. The van der Waals surface area contributed by atoms with Crippen molar-refractivity contribution in [1.82, 2.24) is 14.8 Å². The molecule has 1 atom stereocenters. The summed E-state index contributed by atoms with van der Waals surface area (Å²) in [7, 11) is 0. The third-order valence-electron chi connectivity index (χ3n) is 4.14. The zero-order valence-electron chi connectivity index (χ0n) is 14.7. The number of pyridine rings is 1. The van der Waals surface area contributed by atoms with E-state index >= 15 is 0 Å². The second kappa shape index (κ2) is 6.69. The van der Waals surface area contributed by atoms with Gasteiger partial charge in [0.05, 0.1) is 34.8 Å². The smallest absolute Gasteiger partial charge is 0.249 e. The van der Waals surface area contributed by atoms with Crippen LogP contribution in [0.25, 0.3) is 16.6 Å². The number of amides is 1. The first-order valence-corrected chi connectivity index (χ1v) is 9.67. The maximum absolute atomic E-state index is 14.5. The first-order valence-electron chi connectivity index (χ1n) is 7.94. The summed E-state index contributed by atoms with van der Waals surface area (Å²) < 4.78 is 28.0. The number of hydrogen-bond acceptors (Lipinski definition) is 4. The van der Waals surface area contributed by atoms with Crippen molar-refractivity contribution in [2.75, 3.05) is 12.0 Å². The van der Waals surface area contributed by atoms with E-state index < -0.39 is 28.3 Å². The summed E-state index contributed by atoms with van der Waals surface area (Å²) in [5, 5.41) is 4.74. The molecule has 0 bridgehead atoms. The number of nitrogens with zero attached hydrogens (tertiary/aromatic N) is 3. The first-order chi connectivity index (χ1) is 12.2. The Balaban J connectivity index is 2.44. The third kappa shape index (κ3) is 3.17. The molecule has 136 valence electrons. The second-order valence-electron chi connectivity index (χ2n) is 6.76. The molecule has 0 aliphatic heterocycles. The summed E-state index contributed by atoms with van der Waals surface area (Å²) in [6.45, 7) is 3.76. The summed E-state index contributed by atoms with van der Waals surface area (Å²) in [6.07, 6.45) is 4.81. The minimum absolute atomic E-state index is 0.0510. The highest BCUT2D eigenvalue weighted by molar-refractivity contribution is 7.90. The maximum Gasteiger partial charge on any atom is 0.249 e. The van der Waals surface area contributed by atoms with Crippen LogP contribution in [0.3, 0.4) is 0 Å². The molecule has 3 rings (SSSR count). The predicted molar refractivity (Wildman–Crippen MR) is 99.3 cm³/mol. The van der Waals surface area contributed by atoms with Crippen LogP contribution in [0, 0.1) is 5.82 Å². The number of nitrogens with two attached hydrogens (primary N) is 1. The minimum Gasteiger partial charge on any atom is -0.617 e. The summed E-state index contributed by atoms with van der Waals surface area (Å²) in [5.74, 6) is -0.916. The zero-order valence-corrected chi connectivity index (χ0v) is 15.5. The largest absolute Gasteiger partial charge is 0.617 e. The van der Waals surface area contributed by atoms with Crippen molar-refractivity contribution in [3.8, 4) is 5.69 Å². The van der Waals surface area contributed by atoms with Gasteiger partial charge in [0.25, 0.3) is 0 Å². The Bertz CT molecular complexity index is 970. The summed E-state index contributed by atoms with van der Waals surface area (Å²) in [5.41, 5.74) is 6.28. The van der Waals surface area contributed by atoms with Gasteiger partial charge in [0.2, 0.25) is 5.91 Å². The lowest BCUT2D eigenvalue weighted by Crippen LogP contribution is -2.31. The monoisotopic (exact) mass is 374 g/mol. The minimum atomic E-state index is -1.12. The SMILES string of the molecule is C[S+]([O-])CC(C)(C)c1c2c(C(N)=O)ccc(F)c2nn1-c1cccnc1. The zero-order chi connectivity index (χ0) is 19.1. The van der Waals surface area contributed by atoms with Crippen LogP contribution in [0.2, 0.25) is 0 Å². The van der Waals surface area contributed by atoms with Crippen molar-refractivity contribution >= 4 is 28.0 Å². The number of aromatic nitrogens is 3. The number of carbonyl (C=O) groups excluding carboxylic acids is 1. The van der Waals surface area contributed by atoms with E-state index in [9.17, 15) is 13.7 Å². The summed E-state index contributed by atoms with van der Waals surface area (Å²) in [6, 6.07) is 6.06. The highest BCUT2D eigenvalue weighted by Gasteiger charge is 2.35. The van der Waals surface area contributed by atoms with Crippen molar-refractivity contribution in [1.29, 1.82) is 0 Å². The van der Waals surface area contributed by atoms with E-state index in [-0.39, 0.29) is 11.1 Å². The normalized spacial score (nSPS) is 13.1. The lowest BCUT2D eigenvalue weighted by molar-refractivity contribution is 0.100. The maximum atomic E-state index is 14.5. The quantitative estimate of drug-likeness (QED) is 0.693. The Hall–Kier alpha value is -2.45. The van der Waals surface area contributed by atoms with Crippen molar-refractivity contribution in [3.63, 3.8) is 0 Å². The molecule has 0 aliphatic carbocycles. The van der Waals surface area contributed by atoms with Crippen LogP contribution in [-0.4, -0.2) is 37.2 Å². The van der Waals surface area contributed by atoms with E-state index in [0.717, 1.165) is 0 Å². The predicted octanol–water partition coefficient (Wildman–Crippen LogP) is 2.31. The molecule has 0 fully saturated rings. The molecule has 2 heterocycles. The Morgan fingerprint density at radius 1 is 1.38 bits per heavy atom. The number of fused-ring (bicyclic) bond motifs is 1. The van der Waals surface area contributed by atoms with Crippen LogP contribution < -0.4 is 5.73 Å². The number of benzene rings is 1. The summed E-state index contributed by atoms with van der Waals surface area (Å²) in [4.78, 5) is 16.1. The van der Waals surface area contributed by atoms with Gasteiger partial charge in [-0.3, -0.25) is 9.78 Å². The second-order valence-corrected chi connectivity index (χ2v) is 8.19. The van der Waals surface area contributed by atoms with Crippen LogP contribution in [0.1, 0.15) is 29.9 Å². The van der Waals surface area contributed by atoms with Crippen molar-refractivity contribution < 1.29 is 13.7 Å². The van der Waals surface area contributed by atoms with Crippen LogP contribution >= 0.6 is 0 Å². The molecule has 3 aromatic rings. The number of rotatable bonds is 5. The number of halogens is 1. The lowest BCUT2D eigenvalue weighted by Gasteiger charge is -2.26. The molecule has 0 spiro atoms. The highest BCUT2D eigenvalue weighted by Crippen LogP contribution is 2.36. The van der Waals surface area contributed by atoms with Crippen molar-refractivity contribution in [3.05, 3.63) is 53.7 Å². The van der Waals surface area contributed by atoms with Gasteiger partial charge in [-0.15, -0.1) is 0 Å². The average Bonchev–Trinajstić information content (AvgIpc) is 2.96. The van der Waals surface area contributed by atoms with Crippen LogP contribution in [0.15, 0.2) is 36.7 Å². The van der Waals surface area contributed by atoms with E-state index in [1.54, 1.807) is 35.5 Å². The molecule has 1 aromatic carbocycles. The van der Waals surface area contributed by atoms with Gasteiger partial charge >= 0.3 is 0 Å². The molecular formula is C18H19FN4O2S. The molecule has 1 unspecified atom stereocenters. The Morgan fingerprint density at radius 3 is 2.69 bits per heavy atom. The van der Waals surface area contributed by atoms with Crippen LogP contribution in [0.4, 0.5) is 4.39 Å². The fourth-order valence-corrected chi connectivity index (χ4v) is 4.38. The topological polar surface area (TPSA) is 96.9 Å². The lowest BCUT2D eigenvalue weighted by atomic mass is 9.87. The number of carbonyl (C=O) groups is 1. The van der Waals surface area contributed by atoms with E-state index in [0.29, 0.717) is 22.5 Å². The van der Waals surface area contributed by atoms with Gasteiger partial charge in [-0.05, 0) is 38.1 Å². The first kappa shape index (κ1) is 18.3. The van der Waals surface area contributed by atoms with E-state index in [1.807, 2.05) is 13.8 Å². The van der Waals surface area contributed by atoms with Crippen molar-refractivity contribution in [2.45, 2.75) is 19.3 Å². The Kier molecular flexibility index (Phi) is 4.72. The van der Waals surface area contributed by atoms with Gasteiger partial charge in [0.15, 0.2) is 5.82 Å². The van der Waals surface area contributed by atoms with Crippen LogP contribution in [-0.2, 0) is 16.6 Å². The molecule has 2 N–H and O–H groups in total. The van der Waals surface area contributed by atoms with Gasteiger partial charge < -0.3 is 10.3 Å². The van der Waals surface area contributed by atoms with Crippen LogP contribution in [0.5, 0.6) is 0 Å². The van der Waals surface area contributed by atoms with Gasteiger partial charge in [-0.1, -0.05) is 11.2 Å². The fourth-order valence-electron chi connectivity index (χ4n) is 3.23. The van der Waals surface area contributed by atoms with Gasteiger partial charge in [-0.2, -0.15) is 5.10 Å². The molecule has 8 heteroatoms. The van der Waals surface area contributed by atoms with Crippen molar-refractivity contribution in [2.24, 2.45) is 5.73 Å². The standard InChI is InChI=1S/C18H19FN4O2S/c1-18(2,10-26(3)25)16-14-12(17(20)24)6-7-13(19)15(14)22-23(16)11-5-4-8-21-9-11/h4-9H,10H2,1-3H3,(H2,20,24). The molecule has 0 saturated carbocycles. The molecule has 0 radical (unpaired) electrons. The molecule has 6 nitrogen and oxygen atoms in total. The molecule has 26 heavy (non-hydrogen) atoms. The molecule has 0 aliphatic rings. The number of hydrogen-bond donors (Lipinski definition) is 1. The molecular weight excluding hydrogens is 355 g/mol. The molecule has 2 aromatic heterocycles. The number of primary amides is 1. The van der Waals surface area contributed by atoms with Gasteiger partial charge in [0.1, 0.15) is 11.3 Å².